The van der Waals surface area contributed by atoms with Crippen molar-refractivity contribution in [3.05, 3.63) is 17.0 Å². The summed E-state index contributed by atoms with van der Waals surface area (Å²) < 4.78 is 4.80. The van der Waals surface area contributed by atoms with Gasteiger partial charge in [-0.3, -0.25) is 9.59 Å². The first-order chi connectivity index (χ1) is 6.52. The number of carboxylic acids is 1. The molecule has 0 aliphatic heterocycles. The van der Waals surface area contributed by atoms with E-state index in [0.29, 0.717) is 11.3 Å². The zero-order valence-corrected chi connectivity index (χ0v) is 8.03. The summed E-state index contributed by atoms with van der Waals surface area (Å²) in [6, 6.07) is 0. The van der Waals surface area contributed by atoms with E-state index >= 15 is 0 Å². The van der Waals surface area contributed by atoms with E-state index in [2.05, 4.69) is 5.16 Å². The summed E-state index contributed by atoms with van der Waals surface area (Å²) in [5.74, 6) is -0.693. The first-order valence-corrected chi connectivity index (χ1v) is 4.20. The maximum absolute atomic E-state index is 11.4. The van der Waals surface area contributed by atoms with E-state index in [4.69, 9.17) is 9.63 Å². The molecule has 76 valence electrons. The first-order valence-electron chi connectivity index (χ1n) is 4.20. The maximum Gasteiger partial charge on any atom is 0.303 e. The van der Waals surface area contributed by atoms with Crippen molar-refractivity contribution in [1.29, 1.82) is 0 Å². The van der Waals surface area contributed by atoms with Crippen LogP contribution in [0, 0.1) is 13.8 Å². The number of aryl methyl sites for hydroxylation is 1. The summed E-state index contributed by atoms with van der Waals surface area (Å²) in [5.41, 5.74) is 0.920. The molecule has 0 atom stereocenters. The van der Waals surface area contributed by atoms with Gasteiger partial charge in [0.15, 0.2) is 11.5 Å². The third-order valence-corrected chi connectivity index (χ3v) is 1.99. The Morgan fingerprint density at radius 3 is 2.43 bits per heavy atom. The first kappa shape index (κ1) is 10.4. The lowest BCUT2D eigenvalue weighted by Crippen LogP contribution is -2.05. The van der Waals surface area contributed by atoms with E-state index in [9.17, 15) is 9.59 Å². The fourth-order valence-corrected chi connectivity index (χ4v) is 1.02. The van der Waals surface area contributed by atoms with Crippen molar-refractivity contribution >= 4 is 11.8 Å². The van der Waals surface area contributed by atoms with Crippen molar-refractivity contribution in [2.75, 3.05) is 0 Å². The molecule has 0 saturated carbocycles. The van der Waals surface area contributed by atoms with Crippen LogP contribution in [0.15, 0.2) is 4.52 Å². The molecule has 5 heteroatoms. The Morgan fingerprint density at radius 2 is 2.00 bits per heavy atom. The van der Waals surface area contributed by atoms with E-state index < -0.39 is 5.97 Å². The Bertz CT molecular complexity index is 367. The van der Waals surface area contributed by atoms with Gasteiger partial charge in [0.25, 0.3) is 0 Å². The van der Waals surface area contributed by atoms with E-state index in [1.807, 2.05) is 0 Å². The Morgan fingerprint density at radius 1 is 1.36 bits per heavy atom. The van der Waals surface area contributed by atoms with Crippen LogP contribution in [0.5, 0.6) is 0 Å². The number of nitrogens with zero attached hydrogens (tertiary/aromatic N) is 1. The molecule has 5 nitrogen and oxygen atoms in total. The zero-order valence-electron chi connectivity index (χ0n) is 8.03. The molecule has 1 rings (SSSR count). The van der Waals surface area contributed by atoms with Crippen LogP contribution in [0.1, 0.15) is 34.7 Å². The molecule has 0 aromatic carbocycles. The number of hydrogen-bond acceptors (Lipinski definition) is 4. The lowest BCUT2D eigenvalue weighted by Gasteiger charge is -1.94. The van der Waals surface area contributed by atoms with Gasteiger partial charge < -0.3 is 9.63 Å². The number of carbonyl (C=O) groups is 2. The van der Waals surface area contributed by atoms with Gasteiger partial charge in [0.1, 0.15) is 5.76 Å². The third kappa shape index (κ3) is 2.18. The number of aliphatic carboxylic acids is 1. The number of ketones is 1. The molecule has 0 spiro atoms. The van der Waals surface area contributed by atoms with E-state index in [-0.39, 0.29) is 24.3 Å². The minimum atomic E-state index is -0.990. The van der Waals surface area contributed by atoms with Crippen LogP contribution in [-0.4, -0.2) is 22.0 Å². The number of rotatable bonds is 4. The third-order valence-electron chi connectivity index (χ3n) is 1.99. The molecule has 14 heavy (non-hydrogen) atoms. The zero-order chi connectivity index (χ0) is 10.7. The molecular weight excluding hydrogens is 186 g/mol. The van der Waals surface area contributed by atoms with Gasteiger partial charge in [-0.2, -0.15) is 0 Å². The minimum Gasteiger partial charge on any atom is -0.481 e. The minimum absolute atomic E-state index is 0.0395. The highest BCUT2D eigenvalue weighted by Gasteiger charge is 2.16. The second kappa shape index (κ2) is 4.04. The Hall–Kier alpha value is -1.65. The van der Waals surface area contributed by atoms with Gasteiger partial charge in [-0.25, -0.2) is 0 Å². The topological polar surface area (TPSA) is 80.4 Å². The van der Waals surface area contributed by atoms with Crippen LogP contribution in [0.4, 0.5) is 0 Å². The van der Waals surface area contributed by atoms with Gasteiger partial charge in [-0.1, -0.05) is 5.16 Å². The van der Waals surface area contributed by atoms with Crippen LogP contribution in [0.2, 0.25) is 0 Å². The molecule has 1 aromatic rings. The van der Waals surface area contributed by atoms with Crippen molar-refractivity contribution in [2.24, 2.45) is 0 Å². The number of aromatic nitrogens is 1. The fraction of sp³-hybridized carbons (Fsp3) is 0.444. The van der Waals surface area contributed by atoms with Crippen LogP contribution in [-0.2, 0) is 4.79 Å². The summed E-state index contributed by atoms with van der Waals surface area (Å²) in [5, 5.41) is 12.0. The monoisotopic (exact) mass is 197 g/mol. The Labute approximate surface area is 80.7 Å². The van der Waals surface area contributed by atoms with Crippen LogP contribution < -0.4 is 0 Å². The average molecular weight is 197 g/mol. The summed E-state index contributed by atoms with van der Waals surface area (Å²) in [7, 11) is 0. The summed E-state index contributed by atoms with van der Waals surface area (Å²) in [4.78, 5) is 21.6. The van der Waals surface area contributed by atoms with Crippen molar-refractivity contribution in [1.82, 2.24) is 5.16 Å². The van der Waals surface area contributed by atoms with Gasteiger partial charge in [-0.05, 0) is 13.8 Å². The number of Topliss-reactive ketones (excluding diaryl/α,β-unsaturated/α-hetero) is 1. The van der Waals surface area contributed by atoms with Gasteiger partial charge in [0.05, 0.1) is 6.42 Å². The quantitative estimate of drug-likeness (QED) is 0.736. The van der Waals surface area contributed by atoms with E-state index in [1.165, 1.54) is 0 Å². The normalized spacial score (nSPS) is 10.1. The second-order valence-corrected chi connectivity index (χ2v) is 3.03. The van der Waals surface area contributed by atoms with Gasteiger partial charge in [0.2, 0.25) is 0 Å². The lowest BCUT2D eigenvalue weighted by molar-refractivity contribution is -0.136. The molecule has 0 radical (unpaired) electrons. The molecule has 0 amide bonds. The van der Waals surface area contributed by atoms with Crippen LogP contribution >= 0.6 is 0 Å². The predicted molar refractivity (Wildman–Crippen MR) is 47.2 cm³/mol. The van der Waals surface area contributed by atoms with Crippen molar-refractivity contribution in [3.63, 3.8) is 0 Å². The molecule has 0 bridgehead atoms. The molecule has 0 aliphatic carbocycles. The van der Waals surface area contributed by atoms with Gasteiger partial charge in [-0.15, -0.1) is 0 Å². The molecule has 1 heterocycles. The lowest BCUT2D eigenvalue weighted by atomic mass is 10.1. The number of hydrogen-bond donors (Lipinski definition) is 1. The number of carbonyl (C=O) groups excluding carboxylic acids is 1. The highest BCUT2D eigenvalue weighted by Crippen LogP contribution is 2.13. The van der Waals surface area contributed by atoms with Crippen LogP contribution in [0.3, 0.4) is 0 Å². The number of carboxylic acid groups (broad SMARTS) is 1. The predicted octanol–water partition coefficient (Wildman–Crippen LogP) is 1.34. The highest BCUT2D eigenvalue weighted by atomic mass is 16.5. The van der Waals surface area contributed by atoms with Gasteiger partial charge in [0, 0.05) is 12.0 Å². The summed E-state index contributed by atoms with van der Waals surface area (Å²) >= 11 is 0. The van der Waals surface area contributed by atoms with Crippen molar-refractivity contribution in [3.8, 4) is 0 Å². The van der Waals surface area contributed by atoms with Crippen molar-refractivity contribution in [2.45, 2.75) is 26.7 Å². The molecule has 0 fully saturated rings. The van der Waals surface area contributed by atoms with E-state index in [1.54, 1.807) is 13.8 Å². The Balaban J connectivity index is 2.70. The standard InChI is InChI=1S/C9H11NO4/c1-5-6(2)14-10-9(5)7(11)3-4-8(12)13/h3-4H2,1-2H3,(H,12,13). The van der Waals surface area contributed by atoms with Crippen molar-refractivity contribution < 1.29 is 19.2 Å². The molecule has 0 unspecified atom stereocenters. The molecule has 0 aliphatic rings. The SMILES string of the molecule is Cc1onc(C(=O)CCC(=O)O)c1C. The maximum atomic E-state index is 11.4. The summed E-state index contributed by atoms with van der Waals surface area (Å²) in [6.45, 7) is 3.43. The highest BCUT2D eigenvalue weighted by molar-refractivity contribution is 5.96. The fourth-order valence-electron chi connectivity index (χ4n) is 1.02. The van der Waals surface area contributed by atoms with Gasteiger partial charge >= 0.3 is 5.97 Å². The average Bonchev–Trinajstić information content (AvgIpc) is 2.44. The largest absolute Gasteiger partial charge is 0.481 e. The molecule has 1 aromatic heterocycles. The molecular formula is C9H11NO4. The second-order valence-electron chi connectivity index (χ2n) is 3.03. The van der Waals surface area contributed by atoms with Crippen LogP contribution in [0.25, 0.3) is 0 Å². The summed E-state index contributed by atoms with van der Waals surface area (Å²) in [6.07, 6.45) is -0.216. The molecule has 0 saturated heterocycles. The smallest absolute Gasteiger partial charge is 0.303 e. The Kier molecular flexibility index (Phi) is 3.01. The van der Waals surface area contributed by atoms with E-state index in [0.717, 1.165) is 0 Å². The molecule has 1 N–H and O–H groups in total.